The molecule has 0 saturated carbocycles. The topological polar surface area (TPSA) is 59.0 Å². The third kappa shape index (κ3) is 8.85. The first kappa shape index (κ1) is 16.1. The lowest BCUT2D eigenvalue weighted by molar-refractivity contribution is -0.132. The van der Waals surface area contributed by atoms with Gasteiger partial charge < -0.3 is 14.6 Å². The minimum absolute atomic E-state index is 0.374. The minimum atomic E-state index is -0.867. The fourth-order valence-electron chi connectivity index (χ4n) is 1.30. The molecule has 0 spiro atoms. The molecule has 0 rings (SSSR count). The van der Waals surface area contributed by atoms with Crippen molar-refractivity contribution in [3.8, 4) is 0 Å². The number of carboxylic acid groups (broad SMARTS) is 1. The summed E-state index contributed by atoms with van der Waals surface area (Å²) in [6, 6.07) is 0. The van der Waals surface area contributed by atoms with Gasteiger partial charge in [0.2, 0.25) is 0 Å². The van der Waals surface area contributed by atoms with Gasteiger partial charge in [0.1, 0.15) is 0 Å². The molecule has 17 heavy (non-hydrogen) atoms. The van der Waals surface area contributed by atoms with E-state index in [4.69, 9.17) is 14.6 Å². The highest BCUT2D eigenvalue weighted by Gasteiger charge is 2.05. The highest BCUT2D eigenvalue weighted by atomic mass is 16.5. The smallest absolute Gasteiger partial charge is 0.330 e. The lowest BCUT2D eigenvalue weighted by atomic mass is 10.2. The molecule has 0 heterocycles. The van der Waals surface area contributed by atoms with Crippen molar-refractivity contribution in [3.05, 3.63) is 11.6 Å². The second-order valence-corrected chi connectivity index (χ2v) is 3.83. The average molecular weight is 245 g/mol. The first-order chi connectivity index (χ1) is 8.11. The van der Waals surface area contributed by atoms with Crippen molar-refractivity contribution in [2.24, 2.45) is 0 Å². The summed E-state index contributed by atoms with van der Waals surface area (Å²) in [5.74, 6) is -0.867. The Morgan fingerprint density at radius 1 is 1.24 bits per heavy atom. The van der Waals surface area contributed by atoms with Crippen LogP contribution in [0.15, 0.2) is 11.6 Å². The standard InChI is InChI=1S/C12H23NO4/c1-11(12(14)15)5-7-13(8-10-17-3)6-4-9-16-2/h5H,4,6-10H2,1-3H3,(H,14,15). The molecule has 0 atom stereocenters. The molecule has 0 unspecified atom stereocenters. The van der Waals surface area contributed by atoms with Crippen LogP contribution in [-0.2, 0) is 14.3 Å². The molecule has 0 bridgehead atoms. The second kappa shape index (κ2) is 10.3. The van der Waals surface area contributed by atoms with Gasteiger partial charge in [-0.3, -0.25) is 4.90 Å². The normalized spacial score (nSPS) is 12.1. The van der Waals surface area contributed by atoms with Gasteiger partial charge in [0.25, 0.3) is 0 Å². The van der Waals surface area contributed by atoms with Gasteiger partial charge in [-0.25, -0.2) is 4.79 Å². The first-order valence-corrected chi connectivity index (χ1v) is 5.72. The molecule has 0 fully saturated rings. The van der Waals surface area contributed by atoms with E-state index in [1.807, 2.05) is 0 Å². The van der Waals surface area contributed by atoms with Crippen LogP contribution in [-0.4, -0.2) is 63.0 Å². The van der Waals surface area contributed by atoms with Crippen molar-refractivity contribution in [3.63, 3.8) is 0 Å². The van der Waals surface area contributed by atoms with Gasteiger partial charge in [-0.2, -0.15) is 0 Å². The molecule has 0 aliphatic heterocycles. The van der Waals surface area contributed by atoms with E-state index in [0.717, 1.165) is 19.5 Å². The zero-order valence-electron chi connectivity index (χ0n) is 10.9. The molecular formula is C12H23NO4. The van der Waals surface area contributed by atoms with Gasteiger partial charge in [-0.05, 0) is 13.3 Å². The van der Waals surface area contributed by atoms with E-state index < -0.39 is 5.97 Å². The zero-order chi connectivity index (χ0) is 13.1. The fourth-order valence-corrected chi connectivity index (χ4v) is 1.30. The molecular weight excluding hydrogens is 222 g/mol. The number of aliphatic carboxylic acids is 1. The van der Waals surface area contributed by atoms with Crippen molar-refractivity contribution in [1.82, 2.24) is 4.90 Å². The Hall–Kier alpha value is -0.910. The van der Waals surface area contributed by atoms with Gasteiger partial charge in [0.15, 0.2) is 0 Å². The van der Waals surface area contributed by atoms with E-state index in [1.165, 1.54) is 0 Å². The van der Waals surface area contributed by atoms with Crippen molar-refractivity contribution in [2.75, 3.05) is 47.1 Å². The number of hydrogen-bond acceptors (Lipinski definition) is 4. The predicted octanol–water partition coefficient (Wildman–Crippen LogP) is 1.00. The SMILES string of the molecule is COCCCN(CC=C(C)C(=O)O)CCOC. The summed E-state index contributed by atoms with van der Waals surface area (Å²) in [6.45, 7) is 5.26. The number of ether oxygens (including phenoxy) is 2. The highest BCUT2D eigenvalue weighted by molar-refractivity contribution is 5.85. The van der Waals surface area contributed by atoms with Crippen LogP contribution in [0.1, 0.15) is 13.3 Å². The monoisotopic (exact) mass is 245 g/mol. The maximum absolute atomic E-state index is 10.7. The van der Waals surface area contributed by atoms with Crippen LogP contribution < -0.4 is 0 Å². The molecule has 0 aliphatic rings. The molecule has 0 aromatic rings. The quantitative estimate of drug-likeness (QED) is 0.459. The summed E-state index contributed by atoms with van der Waals surface area (Å²) in [6.07, 6.45) is 2.66. The van der Waals surface area contributed by atoms with E-state index in [9.17, 15) is 4.79 Å². The van der Waals surface area contributed by atoms with Crippen LogP contribution >= 0.6 is 0 Å². The number of hydrogen-bond donors (Lipinski definition) is 1. The lowest BCUT2D eigenvalue weighted by Crippen LogP contribution is -2.29. The molecule has 0 aliphatic carbocycles. The van der Waals surface area contributed by atoms with Crippen molar-refractivity contribution in [2.45, 2.75) is 13.3 Å². The third-order valence-corrected chi connectivity index (χ3v) is 2.43. The van der Waals surface area contributed by atoms with Gasteiger partial charge in [-0.1, -0.05) is 6.08 Å². The van der Waals surface area contributed by atoms with Gasteiger partial charge in [0.05, 0.1) is 6.61 Å². The average Bonchev–Trinajstić information content (AvgIpc) is 2.31. The molecule has 0 saturated heterocycles. The van der Waals surface area contributed by atoms with E-state index in [1.54, 1.807) is 27.2 Å². The van der Waals surface area contributed by atoms with Crippen molar-refractivity contribution >= 4 is 5.97 Å². The Balaban J connectivity index is 4.08. The van der Waals surface area contributed by atoms with Crippen molar-refractivity contribution < 1.29 is 19.4 Å². The van der Waals surface area contributed by atoms with Crippen LogP contribution in [0.4, 0.5) is 0 Å². The minimum Gasteiger partial charge on any atom is -0.478 e. The molecule has 5 nitrogen and oxygen atoms in total. The van der Waals surface area contributed by atoms with E-state index in [0.29, 0.717) is 25.3 Å². The predicted molar refractivity (Wildman–Crippen MR) is 66.2 cm³/mol. The number of rotatable bonds is 10. The van der Waals surface area contributed by atoms with Crippen LogP contribution in [0, 0.1) is 0 Å². The van der Waals surface area contributed by atoms with Gasteiger partial charge >= 0.3 is 5.97 Å². The second-order valence-electron chi connectivity index (χ2n) is 3.83. The fraction of sp³-hybridized carbons (Fsp3) is 0.750. The molecule has 0 radical (unpaired) electrons. The maximum atomic E-state index is 10.7. The summed E-state index contributed by atoms with van der Waals surface area (Å²) >= 11 is 0. The van der Waals surface area contributed by atoms with Gasteiger partial charge in [-0.15, -0.1) is 0 Å². The summed E-state index contributed by atoms with van der Waals surface area (Å²) in [7, 11) is 3.33. The molecule has 5 heteroatoms. The number of nitrogens with zero attached hydrogens (tertiary/aromatic N) is 1. The lowest BCUT2D eigenvalue weighted by Gasteiger charge is -2.20. The van der Waals surface area contributed by atoms with Crippen LogP contribution in [0.2, 0.25) is 0 Å². The zero-order valence-corrected chi connectivity index (χ0v) is 10.9. The number of methoxy groups -OCH3 is 2. The maximum Gasteiger partial charge on any atom is 0.330 e. The number of carbonyl (C=O) groups is 1. The van der Waals surface area contributed by atoms with Crippen molar-refractivity contribution in [1.29, 1.82) is 0 Å². The molecule has 0 aromatic heterocycles. The van der Waals surface area contributed by atoms with E-state index in [-0.39, 0.29) is 0 Å². The van der Waals surface area contributed by atoms with E-state index >= 15 is 0 Å². The van der Waals surface area contributed by atoms with Gasteiger partial charge in [0, 0.05) is 46.0 Å². The molecule has 100 valence electrons. The Kier molecular flexibility index (Phi) is 9.71. The Labute approximate surface area is 103 Å². The Morgan fingerprint density at radius 3 is 2.41 bits per heavy atom. The van der Waals surface area contributed by atoms with Crippen LogP contribution in [0.3, 0.4) is 0 Å². The number of carboxylic acids is 1. The van der Waals surface area contributed by atoms with Crippen LogP contribution in [0.25, 0.3) is 0 Å². The summed E-state index contributed by atoms with van der Waals surface area (Å²) in [4.78, 5) is 12.8. The first-order valence-electron chi connectivity index (χ1n) is 5.72. The summed E-state index contributed by atoms with van der Waals surface area (Å²) in [5, 5.41) is 8.75. The molecule has 0 amide bonds. The van der Waals surface area contributed by atoms with E-state index in [2.05, 4.69) is 4.90 Å². The third-order valence-electron chi connectivity index (χ3n) is 2.43. The molecule has 0 aromatic carbocycles. The largest absolute Gasteiger partial charge is 0.478 e. The van der Waals surface area contributed by atoms with Crippen LogP contribution in [0.5, 0.6) is 0 Å². The summed E-state index contributed by atoms with van der Waals surface area (Å²) in [5.41, 5.74) is 0.374. The highest BCUT2D eigenvalue weighted by Crippen LogP contribution is 1.97. The molecule has 1 N–H and O–H groups in total. The Bertz CT molecular complexity index is 241. The summed E-state index contributed by atoms with van der Waals surface area (Å²) < 4.78 is 10.0. The Morgan fingerprint density at radius 2 is 1.88 bits per heavy atom.